The molecule has 3 aromatic rings. The SMILES string of the molecule is CCC1CCCN1Cc1sc(NC(=O)c2cnc(Cl)cn2)nc1-c1ccc(OC)c(C(F)(F)F)c1. The molecule has 0 bridgehead atoms. The topological polar surface area (TPSA) is 80.2 Å². The predicted molar refractivity (Wildman–Crippen MR) is 128 cm³/mol. The molecule has 1 atom stereocenters. The van der Waals surface area contributed by atoms with Crippen LogP contribution in [0.15, 0.2) is 30.6 Å². The van der Waals surface area contributed by atoms with Gasteiger partial charge in [-0.2, -0.15) is 13.2 Å². The Labute approximate surface area is 209 Å². The van der Waals surface area contributed by atoms with Crippen molar-refractivity contribution in [3.63, 3.8) is 0 Å². The Balaban J connectivity index is 1.71. The van der Waals surface area contributed by atoms with Crippen LogP contribution in [-0.4, -0.2) is 45.5 Å². The number of amides is 1. The van der Waals surface area contributed by atoms with Crippen LogP contribution in [0.5, 0.6) is 5.75 Å². The largest absolute Gasteiger partial charge is 0.496 e. The summed E-state index contributed by atoms with van der Waals surface area (Å²) in [5.74, 6) is -0.808. The van der Waals surface area contributed by atoms with Gasteiger partial charge in [-0.15, -0.1) is 0 Å². The van der Waals surface area contributed by atoms with Gasteiger partial charge in [-0.05, 0) is 44.0 Å². The van der Waals surface area contributed by atoms with Crippen molar-refractivity contribution in [1.29, 1.82) is 0 Å². The molecule has 35 heavy (non-hydrogen) atoms. The summed E-state index contributed by atoms with van der Waals surface area (Å²) >= 11 is 6.96. The van der Waals surface area contributed by atoms with E-state index in [1.165, 1.54) is 36.9 Å². The third-order valence-corrected chi connectivity index (χ3v) is 7.02. The standard InChI is InChI=1S/C23H23ClF3N5O2S/c1-3-14-5-4-8-32(14)12-18-20(13-6-7-17(34-2)15(9-13)23(25,26)27)30-22(35-18)31-21(33)16-10-29-19(24)11-28-16/h6-7,9-11,14H,3-5,8,12H2,1-2H3,(H,30,31,33). The second-order valence-electron chi connectivity index (χ2n) is 8.06. The average Bonchev–Trinajstić information content (AvgIpc) is 3.45. The number of anilines is 1. The Morgan fingerprint density at radius 1 is 1.31 bits per heavy atom. The Morgan fingerprint density at radius 3 is 2.77 bits per heavy atom. The number of carbonyl (C=O) groups excluding carboxylic acids is 1. The van der Waals surface area contributed by atoms with Crippen molar-refractivity contribution >= 4 is 34.0 Å². The molecule has 0 spiro atoms. The molecule has 186 valence electrons. The number of likely N-dealkylation sites (tertiary alicyclic amines) is 1. The normalized spacial score (nSPS) is 16.5. The van der Waals surface area contributed by atoms with Crippen molar-refractivity contribution in [3.8, 4) is 17.0 Å². The van der Waals surface area contributed by atoms with Gasteiger partial charge in [-0.3, -0.25) is 15.0 Å². The van der Waals surface area contributed by atoms with Crippen LogP contribution in [0.3, 0.4) is 0 Å². The summed E-state index contributed by atoms with van der Waals surface area (Å²) in [6.45, 7) is 3.54. The van der Waals surface area contributed by atoms with Crippen LogP contribution in [-0.2, 0) is 12.7 Å². The molecule has 1 unspecified atom stereocenters. The van der Waals surface area contributed by atoms with Gasteiger partial charge in [-0.25, -0.2) is 15.0 Å². The molecule has 1 N–H and O–H groups in total. The van der Waals surface area contributed by atoms with E-state index in [9.17, 15) is 18.0 Å². The lowest BCUT2D eigenvalue weighted by atomic mass is 10.1. The van der Waals surface area contributed by atoms with Crippen LogP contribution in [0.2, 0.25) is 5.15 Å². The number of halogens is 4. The molecule has 3 heterocycles. The van der Waals surface area contributed by atoms with Crippen molar-refractivity contribution in [2.75, 3.05) is 19.0 Å². The molecule has 1 amide bonds. The van der Waals surface area contributed by atoms with Gasteiger partial charge in [0.25, 0.3) is 5.91 Å². The number of nitrogens with zero attached hydrogens (tertiary/aromatic N) is 4. The van der Waals surface area contributed by atoms with Crippen molar-refractivity contribution in [2.45, 2.75) is 44.9 Å². The summed E-state index contributed by atoms with van der Waals surface area (Å²) < 4.78 is 45.9. The Bertz CT molecular complexity index is 1200. The molecule has 1 saturated heterocycles. The average molecular weight is 526 g/mol. The third-order valence-electron chi connectivity index (χ3n) is 5.87. The van der Waals surface area contributed by atoms with Gasteiger partial charge in [0.05, 0.1) is 30.8 Å². The van der Waals surface area contributed by atoms with Crippen LogP contribution in [0.4, 0.5) is 18.3 Å². The van der Waals surface area contributed by atoms with E-state index in [-0.39, 0.29) is 21.7 Å². The third kappa shape index (κ3) is 5.74. The summed E-state index contributed by atoms with van der Waals surface area (Å²) in [5.41, 5.74) is -0.154. The number of nitrogens with one attached hydrogen (secondary N) is 1. The number of benzene rings is 1. The minimum absolute atomic E-state index is 0.0436. The number of hydrogen-bond acceptors (Lipinski definition) is 7. The first kappa shape index (κ1) is 25.3. The molecule has 1 aliphatic heterocycles. The number of thiazole rings is 1. The molecule has 1 aromatic carbocycles. The Hall–Kier alpha value is -2.76. The maximum absolute atomic E-state index is 13.7. The van der Waals surface area contributed by atoms with Gasteiger partial charge in [0.2, 0.25) is 0 Å². The van der Waals surface area contributed by atoms with Gasteiger partial charge in [0.15, 0.2) is 5.13 Å². The molecule has 4 rings (SSSR count). The second-order valence-corrected chi connectivity index (χ2v) is 9.53. The quantitative estimate of drug-likeness (QED) is 0.413. The molecule has 0 saturated carbocycles. The van der Waals surface area contributed by atoms with Crippen molar-refractivity contribution in [3.05, 3.63) is 51.9 Å². The lowest BCUT2D eigenvalue weighted by Gasteiger charge is -2.23. The smallest absolute Gasteiger partial charge is 0.419 e. The first-order valence-electron chi connectivity index (χ1n) is 11.0. The first-order valence-corrected chi connectivity index (χ1v) is 12.2. The van der Waals surface area contributed by atoms with Crippen molar-refractivity contribution in [1.82, 2.24) is 19.9 Å². The lowest BCUT2D eigenvalue weighted by molar-refractivity contribution is -0.138. The van der Waals surface area contributed by atoms with Gasteiger partial charge in [-0.1, -0.05) is 29.9 Å². The summed E-state index contributed by atoms with van der Waals surface area (Å²) in [5, 5.41) is 3.09. The first-order chi connectivity index (χ1) is 16.7. The molecule has 1 aliphatic rings. The highest BCUT2D eigenvalue weighted by Crippen LogP contribution is 2.41. The van der Waals surface area contributed by atoms with Crippen molar-refractivity contribution < 1.29 is 22.7 Å². The molecule has 2 aromatic heterocycles. The van der Waals surface area contributed by atoms with Gasteiger partial charge >= 0.3 is 6.18 Å². The molecule has 7 nitrogen and oxygen atoms in total. The van der Waals surface area contributed by atoms with E-state index >= 15 is 0 Å². The Kier molecular flexibility index (Phi) is 7.58. The van der Waals surface area contributed by atoms with Gasteiger partial charge in [0.1, 0.15) is 16.6 Å². The van der Waals surface area contributed by atoms with E-state index in [4.69, 9.17) is 16.3 Å². The van der Waals surface area contributed by atoms with Gasteiger partial charge < -0.3 is 4.74 Å². The minimum atomic E-state index is -4.59. The predicted octanol–water partition coefficient (Wildman–Crippen LogP) is 5.91. The molecule has 0 aliphatic carbocycles. The fourth-order valence-corrected chi connectivity index (χ4v) is 5.26. The molecule has 1 fully saturated rings. The number of aromatic nitrogens is 3. The zero-order valence-electron chi connectivity index (χ0n) is 19.0. The minimum Gasteiger partial charge on any atom is -0.496 e. The summed E-state index contributed by atoms with van der Waals surface area (Å²) in [4.78, 5) is 28.0. The lowest BCUT2D eigenvalue weighted by Crippen LogP contribution is -2.28. The van der Waals surface area contributed by atoms with E-state index in [1.54, 1.807) is 6.07 Å². The van der Waals surface area contributed by atoms with E-state index in [0.717, 1.165) is 36.8 Å². The second kappa shape index (κ2) is 10.5. The van der Waals surface area contributed by atoms with E-state index in [2.05, 4.69) is 32.1 Å². The fraction of sp³-hybridized carbons (Fsp3) is 0.391. The molecular formula is C23H23ClF3N5O2S. The monoisotopic (exact) mass is 525 g/mol. The van der Waals surface area contributed by atoms with Gasteiger partial charge in [0, 0.05) is 23.0 Å². The highest BCUT2D eigenvalue weighted by Gasteiger charge is 2.35. The number of rotatable bonds is 7. The molecule has 0 radical (unpaired) electrons. The van der Waals surface area contributed by atoms with Crippen LogP contribution < -0.4 is 10.1 Å². The maximum Gasteiger partial charge on any atom is 0.419 e. The number of methoxy groups -OCH3 is 1. The Morgan fingerprint density at radius 2 is 2.11 bits per heavy atom. The van der Waals surface area contributed by atoms with E-state index in [1.807, 2.05) is 0 Å². The van der Waals surface area contributed by atoms with Crippen LogP contribution in [0.25, 0.3) is 11.3 Å². The van der Waals surface area contributed by atoms with Crippen LogP contribution in [0.1, 0.15) is 47.1 Å². The summed E-state index contributed by atoms with van der Waals surface area (Å²) in [6, 6.07) is 4.26. The highest BCUT2D eigenvalue weighted by atomic mass is 35.5. The molecule has 12 heteroatoms. The number of hydrogen-bond donors (Lipinski definition) is 1. The van der Waals surface area contributed by atoms with Crippen LogP contribution in [0, 0.1) is 0 Å². The maximum atomic E-state index is 13.7. The van der Waals surface area contributed by atoms with E-state index in [0.29, 0.717) is 23.8 Å². The zero-order valence-corrected chi connectivity index (χ0v) is 20.6. The van der Waals surface area contributed by atoms with E-state index < -0.39 is 17.6 Å². The van der Waals surface area contributed by atoms with Crippen LogP contribution >= 0.6 is 22.9 Å². The summed E-state index contributed by atoms with van der Waals surface area (Å²) in [6.07, 6.45) is 1.01. The zero-order chi connectivity index (χ0) is 25.2. The number of ether oxygens (including phenoxy) is 1. The number of carbonyl (C=O) groups is 1. The highest BCUT2D eigenvalue weighted by molar-refractivity contribution is 7.16. The fourth-order valence-electron chi connectivity index (χ4n) is 4.16. The number of alkyl halides is 3. The van der Waals surface area contributed by atoms with Crippen molar-refractivity contribution in [2.24, 2.45) is 0 Å². The summed E-state index contributed by atoms with van der Waals surface area (Å²) in [7, 11) is 1.20. The molecular weight excluding hydrogens is 503 g/mol.